The number of nitrogens with zero attached hydrogens (tertiary/aromatic N) is 3. The maximum atomic E-state index is 13.0. The van der Waals surface area contributed by atoms with E-state index >= 15 is 0 Å². The average molecular weight is 508 g/mol. The Morgan fingerprint density at radius 3 is 2.77 bits per heavy atom. The lowest BCUT2D eigenvalue weighted by Crippen LogP contribution is -2.22. The minimum atomic E-state index is -4.43. The molecule has 0 aliphatic carbocycles. The van der Waals surface area contributed by atoms with Crippen LogP contribution in [0.2, 0.25) is 0 Å². The van der Waals surface area contributed by atoms with E-state index in [1.54, 1.807) is 29.3 Å². The van der Waals surface area contributed by atoms with Gasteiger partial charge in [-0.3, -0.25) is 0 Å². The van der Waals surface area contributed by atoms with Crippen LogP contribution in [0.3, 0.4) is 0 Å². The lowest BCUT2D eigenvalue weighted by Gasteiger charge is -2.23. The van der Waals surface area contributed by atoms with Gasteiger partial charge in [-0.1, -0.05) is 0 Å². The summed E-state index contributed by atoms with van der Waals surface area (Å²) < 4.78 is 43.5. The molecule has 3 heterocycles. The fraction of sp³-hybridized carbons (Fsp3) is 0.100. The number of alkyl halides is 3. The number of hydrogen-bond donors (Lipinski definition) is 2. The lowest BCUT2D eigenvalue weighted by molar-refractivity contribution is -0.137. The van der Waals surface area contributed by atoms with Crippen molar-refractivity contribution in [3.05, 3.63) is 69.3 Å². The molecule has 4 aromatic rings. The van der Waals surface area contributed by atoms with Gasteiger partial charge in [-0.05, 0) is 69.9 Å². The number of aromatic nitrogens is 3. The van der Waals surface area contributed by atoms with Gasteiger partial charge < -0.3 is 15.1 Å². The minimum Gasteiger partial charge on any atom is -0.380 e. The molecule has 0 saturated heterocycles. The Bertz CT molecular complexity index is 1280. The minimum absolute atomic E-state index is 0.268. The Hall–Kier alpha value is -3.05. The van der Waals surface area contributed by atoms with E-state index in [1.807, 2.05) is 18.5 Å². The number of nitrogens with one attached hydrogen (secondary N) is 2. The van der Waals surface area contributed by atoms with Crippen LogP contribution < -0.4 is 10.2 Å². The summed E-state index contributed by atoms with van der Waals surface area (Å²) >= 11 is 4.61. The van der Waals surface area contributed by atoms with Crippen LogP contribution in [0.1, 0.15) is 16.0 Å². The zero-order valence-electron chi connectivity index (χ0n) is 15.6. The zero-order valence-corrected chi connectivity index (χ0v) is 18.0. The zero-order chi connectivity index (χ0) is 21.6. The highest BCUT2D eigenvalue weighted by Crippen LogP contribution is 2.35. The number of rotatable bonds is 4. The first-order valence-corrected chi connectivity index (χ1v) is 10.6. The standard InChI is InChI=1S/C20H13BrF3N5OS/c21-15-7-12(20(22,23)24)8-16-18(15)28-19(27-16)26-13-1-3-14(4-2-13)30-29-6-5-17-11(10-29)9-25-31-17/h1-9H,10H2,(H2,26,27,28). The second-order valence-corrected chi connectivity index (χ2v) is 8.47. The third kappa shape index (κ3) is 4.10. The topological polar surface area (TPSA) is 66.1 Å². The van der Waals surface area contributed by atoms with Crippen LogP contribution in [0, 0.1) is 0 Å². The van der Waals surface area contributed by atoms with E-state index in [0.717, 1.165) is 22.6 Å². The van der Waals surface area contributed by atoms with Crippen molar-refractivity contribution in [1.82, 2.24) is 19.4 Å². The molecule has 2 aromatic heterocycles. The quantitative estimate of drug-likeness (QED) is 0.338. The number of benzene rings is 2. The van der Waals surface area contributed by atoms with Gasteiger partial charge in [0.25, 0.3) is 0 Å². The molecule has 2 N–H and O–H groups in total. The first-order chi connectivity index (χ1) is 14.8. The van der Waals surface area contributed by atoms with E-state index in [9.17, 15) is 13.2 Å². The van der Waals surface area contributed by atoms with Gasteiger partial charge in [0, 0.05) is 28.1 Å². The summed E-state index contributed by atoms with van der Waals surface area (Å²) in [5, 5.41) is 4.78. The van der Waals surface area contributed by atoms with Crippen LogP contribution in [-0.2, 0) is 12.7 Å². The molecule has 0 bridgehead atoms. The molecule has 1 aliphatic rings. The van der Waals surface area contributed by atoms with Crippen molar-refractivity contribution in [2.45, 2.75) is 12.7 Å². The Morgan fingerprint density at radius 1 is 1.19 bits per heavy atom. The molecule has 0 atom stereocenters. The van der Waals surface area contributed by atoms with Crippen LogP contribution in [0.4, 0.5) is 24.8 Å². The van der Waals surface area contributed by atoms with Crippen LogP contribution in [0.15, 0.2) is 53.3 Å². The SMILES string of the molecule is FC(F)(F)c1cc(Br)c2nc(Nc3ccc(ON4C=Cc5sncc5C4)cc3)[nH]c2c1. The second kappa shape index (κ2) is 7.57. The number of imidazole rings is 1. The molecule has 6 nitrogen and oxygen atoms in total. The summed E-state index contributed by atoms with van der Waals surface area (Å²) in [4.78, 5) is 14.2. The summed E-state index contributed by atoms with van der Waals surface area (Å²) in [5.41, 5.74) is 1.76. The molecular formula is C20H13BrF3N5OS. The van der Waals surface area contributed by atoms with Gasteiger partial charge in [0.1, 0.15) is 5.52 Å². The molecule has 31 heavy (non-hydrogen) atoms. The number of hydrogen-bond acceptors (Lipinski definition) is 6. The number of hydroxylamine groups is 2. The van der Waals surface area contributed by atoms with Gasteiger partial charge in [-0.2, -0.15) is 13.2 Å². The maximum Gasteiger partial charge on any atom is 0.416 e. The van der Waals surface area contributed by atoms with Crippen molar-refractivity contribution in [1.29, 1.82) is 0 Å². The molecular weight excluding hydrogens is 495 g/mol. The van der Waals surface area contributed by atoms with E-state index in [0.29, 0.717) is 29.4 Å². The van der Waals surface area contributed by atoms with Crippen molar-refractivity contribution in [3.63, 3.8) is 0 Å². The number of aromatic amines is 1. The molecule has 0 unspecified atom stereocenters. The van der Waals surface area contributed by atoms with Crippen molar-refractivity contribution >= 4 is 56.2 Å². The van der Waals surface area contributed by atoms with Gasteiger partial charge >= 0.3 is 6.18 Å². The predicted octanol–water partition coefficient (Wildman–Crippen LogP) is 6.32. The highest BCUT2D eigenvalue weighted by atomic mass is 79.9. The predicted molar refractivity (Wildman–Crippen MR) is 116 cm³/mol. The van der Waals surface area contributed by atoms with Gasteiger partial charge in [0.15, 0.2) is 5.75 Å². The molecule has 5 rings (SSSR count). The van der Waals surface area contributed by atoms with E-state index < -0.39 is 11.7 Å². The van der Waals surface area contributed by atoms with Crippen LogP contribution in [0.25, 0.3) is 17.1 Å². The largest absolute Gasteiger partial charge is 0.416 e. The van der Waals surface area contributed by atoms with E-state index in [1.165, 1.54) is 11.5 Å². The molecule has 0 fully saturated rings. The fourth-order valence-electron chi connectivity index (χ4n) is 3.13. The molecule has 0 amide bonds. The molecule has 1 aliphatic heterocycles. The van der Waals surface area contributed by atoms with Crippen molar-refractivity contribution in [3.8, 4) is 5.75 Å². The molecule has 158 valence electrons. The Balaban J connectivity index is 1.29. The summed E-state index contributed by atoms with van der Waals surface area (Å²) in [7, 11) is 0. The third-order valence-corrected chi connectivity index (χ3v) is 6.01. The van der Waals surface area contributed by atoms with E-state index in [2.05, 4.69) is 35.6 Å². The molecule has 0 radical (unpaired) electrons. The first-order valence-electron chi connectivity index (χ1n) is 9.05. The smallest absolute Gasteiger partial charge is 0.380 e. The molecule has 0 saturated carbocycles. The van der Waals surface area contributed by atoms with Gasteiger partial charge in [0.05, 0.1) is 22.5 Å². The highest BCUT2D eigenvalue weighted by Gasteiger charge is 2.31. The number of H-pyrrole nitrogens is 1. The lowest BCUT2D eigenvalue weighted by atomic mass is 10.2. The Morgan fingerprint density at radius 2 is 2.00 bits per heavy atom. The van der Waals surface area contributed by atoms with Crippen molar-refractivity contribution in [2.75, 3.05) is 5.32 Å². The van der Waals surface area contributed by atoms with Gasteiger partial charge in [0.2, 0.25) is 5.95 Å². The fourth-order valence-corrected chi connectivity index (χ4v) is 4.33. The highest BCUT2D eigenvalue weighted by molar-refractivity contribution is 9.10. The monoisotopic (exact) mass is 507 g/mol. The summed E-state index contributed by atoms with van der Waals surface area (Å²) in [6.45, 7) is 0.607. The van der Waals surface area contributed by atoms with E-state index in [4.69, 9.17) is 4.84 Å². The molecule has 0 spiro atoms. The van der Waals surface area contributed by atoms with Crippen molar-refractivity contribution < 1.29 is 18.0 Å². The van der Waals surface area contributed by atoms with Crippen LogP contribution in [-0.4, -0.2) is 19.4 Å². The van der Waals surface area contributed by atoms with E-state index in [-0.39, 0.29) is 9.99 Å². The second-order valence-electron chi connectivity index (χ2n) is 6.78. The normalized spacial score (nSPS) is 13.5. The Kier molecular flexibility index (Phi) is 4.86. The van der Waals surface area contributed by atoms with Gasteiger partial charge in [-0.15, -0.1) is 0 Å². The molecule has 11 heteroatoms. The summed E-state index contributed by atoms with van der Waals surface area (Å²) in [6, 6.07) is 9.22. The Labute approximate surface area is 186 Å². The van der Waals surface area contributed by atoms with Crippen LogP contribution >= 0.6 is 27.5 Å². The average Bonchev–Trinajstić information content (AvgIpc) is 3.35. The summed E-state index contributed by atoms with van der Waals surface area (Å²) in [5.74, 6) is 0.976. The number of anilines is 2. The van der Waals surface area contributed by atoms with Crippen molar-refractivity contribution in [2.24, 2.45) is 0 Å². The maximum absolute atomic E-state index is 13.0. The third-order valence-electron chi connectivity index (χ3n) is 4.60. The number of fused-ring (bicyclic) bond motifs is 2. The van der Waals surface area contributed by atoms with Gasteiger partial charge in [-0.25, -0.2) is 14.4 Å². The van der Waals surface area contributed by atoms with Crippen LogP contribution in [0.5, 0.6) is 5.75 Å². The summed E-state index contributed by atoms with van der Waals surface area (Å²) in [6.07, 6.45) is 1.21. The molecule has 2 aromatic carbocycles. The number of halogens is 4. The first kappa shape index (κ1) is 19.9.